The fourth-order valence-corrected chi connectivity index (χ4v) is 3.25. The van der Waals surface area contributed by atoms with E-state index in [9.17, 15) is 9.59 Å². The Morgan fingerprint density at radius 3 is 2.45 bits per heavy atom. The molecule has 0 aliphatic rings. The number of nitrogens with one attached hydrogen (secondary N) is 2. The van der Waals surface area contributed by atoms with Crippen LogP contribution in [0.4, 0.5) is 11.4 Å². The first-order chi connectivity index (χ1) is 14.9. The summed E-state index contributed by atoms with van der Waals surface area (Å²) in [6.45, 7) is 5.86. The number of fused-ring (bicyclic) bond motifs is 1. The summed E-state index contributed by atoms with van der Waals surface area (Å²) < 4.78 is 1.83. The molecule has 2 N–H and O–H groups in total. The minimum Gasteiger partial charge on any atom is -0.322 e. The number of aromatic nitrogens is 4. The zero-order chi connectivity index (χ0) is 22.0. The highest BCUT2D eigenvalue weighted by Gasteiger charge is 2.16. The molecule has 0 aliphatic heterocycles. The molecule has 0 saturated heterocycles. The van der Waals surface area contributed by atoms with E-state index in [0.717, 1.165) is 11.0 Å². The van der Waals surface area contributed by atoms with E-state index in [1.54, 1.807) is 68.0 Å². The van der Waals surface area contributed by atoms with Crippen molar-refractivity contribution < 1.29 is 9.59 Å². The average Bonchev–Trinajstić information content (AvgIpc) is 3.17. The molecule has 31 heavy (non-hydrogen) atoms. The van der Waals surface area contributed by atoms with Gasteiger partial charge in [-0.3, -0.25) is 14.6 Å². The molecule has 3 heterocycles. The first kappa shape index (κ1) is 20.2. The maximum Gasteiger partial charge on any atom is 0.257 e. The van der Waals surface area contributed by atoms with Crippen LogP contribution >= 0.6 is 0 Å². The number of hydrogen-bond donors (Lipinski definition) is 2. The van der Waals surface area contributed by atoms with Gasteiger partial charge in [-0.05, 0) is 57.2 Å². The zero-order valence-electron chi connectivity index (χ0n) is 17.5. The summed E-state index contributed by atoms with van der Waals surface area (Å²) in [6, 6.07) is 12.1. The molecule has 156 valence electrons. The van der Waals surface area contributed by atoms with Crippen LogP contribution in [0.15, 0.2) is 61.1 Å². The van der Waals surface area contributed by atoms with Gasteiger partial charge in [0.25, 0.3) is 11.8 Å². The molecule has 4 aromatic rings. The van der Waals surface area contributed by atoms with Crippen LogP contribution in [0, 0.1) is 6.92 Å². The van der Waals surface area contributed by atoms with Crippen molar-refractivity contribution in [2.24, 2.45) is 0 Å². The summed E-state index contributed by atoms with van der Waals surface area (Å²) in [7, 11) is 0. The molecule has 0 saturated carbocycles. The molecule has 0 radical (unpaired) electrons. The van der Waals surface area contributed by atoms with Gasteiger partial charge in [0, 0.05) is 40.8 Å². The Hall–Kier alpha value is -4.07. The zero-order valence-corrected chi connectivity index (χ0v) is 17.5. The van der Waals surface area contributed by atoms with Crippen LogP contribution in [-0.4, -0.2) is 31.6 Å². The van der Waals surface area contributed by atoms with Crippen LogP contribution in [0.2, 0.25) is 0 Å². The van der Waals surface area contributed by atoms with Crippen LogP contribution in [0.1, 0.15) is 46.3 Å². The summed E-state index contributed by atoms with van der Waals surface area (Å²) >= 11 is 0. The van der Waals surface area contributed by atoms with Crippen molar-refractivity contribution in [3.05, 3.63) is 77.9 Å². The number of aryl methyl sites for hydroxylation is 1. The first-order valence-corrected chi connectivity index (χ1v) is 9.90. The summed E-state index contributed by atoms with van der Waals surface area (Å²) in [4.78, 5) is 33.9. The molecule has 0 atom stereocenters. The second-order valence-electron chi connectivity index (χ2n) is 7.44. The van der Waals surface area contributed by atoms with Gasteiger partial charge in [0.1, 0.15) is 0 Å². The van der Waals surface area contributed by atoms with Crippen LogP contribution in [0.3, 0.4) is 0 Å². The SMILES string of the molecule is Cc1nc2c(cnn2C(C)C)cc1C(=O)Nc1cccc(C(=O)Nc2ccncc2)c1. The molecule has 4 rings (SSSR count). The molecule has 0 spiro atoms. The summed E-state index contributed by atoms with van der Waals surface area (Å²) in [5, 5.41) is 10.8. The quantitative estimate of drug-likeness (QED) is 0.509. The average molecular weight is 414 g/mol. The van der Waals surface area contributed by atoms with Crippen LogP contribution in [-0.2, 0) is 0 Å². The Morgan fingerprint density at radius 2 is 1.71 bits per heavy atom. The Labute approximate surface area is 179 Å². The van der Waals surface area contributed by atoms with Crippen LogP contribution in [0.25, 0.3) is 11.0 Å². The molecule has 0 aliphatic carbocycles. The highest BCUT2D eigenvalue weighted by Crippen LogP contribution is 2.21. The molecule has 0 unspecified atom stereocenters. The second kappa shape index (κ2) is 8.35. The summed E-state index contributed by atoms with van der Waals surface area (Å²) in [5.41, 5.74) is 3.41. The number of rotatable bonds is 5. The number of pyridine rings is 2. The monoisotopic (exact) mass is 414 g/mol. The first-order valence-electron chi connectivity index (χ1n) is 9.90. The van der Waals surface area contributed by atoms with Gasteiger partial charge < -0.3 is 10.6 Å². The Kier molecular flexibility index (Phi) is 5.44. The lowest BCUT2D eigenvalue weighted by Gasteiger charge is -2.11. The van der Waals surface area contributed by atoms with E-state index in [0.29, 0.717) is 28.2 Å². The Bertz CT molecular complexity index is 1260. The van der Waals surface area contributed by atoms with E-state index in [1.807, 2.05) is 18.5 Å². The van der Waals surface area contributed by atoms with E-state index in [1.165, 1.54) is 0 Å². The maximum atomic E-state index is 12.9. The molecule has 3 aromatic heterocycles. The Balaban J connectivity index is 1.54. The topological polar surface area (TPSA) is 102 Å². The minimum atomic E-state index is -0.295. The number of nitrogens with zero attached hydrogens (tertiary/aromatic N) is 4. The molecular weight excluding hydrogens is 392 g/mol. The van der Waals surface area contributed by atoms with Gasteiger partial charge in [0.05, 0.1) is 17.5 Å². The van der Waals surface area contributed by atoms with Gasteiger partial charge in [-0.25, -0.2) is 9.67 Å². The predicted octanol–water partition coefficient (Wildman–Crippen LogP) is 4.22. The van der Waals surface area contributed by atoms with Gasteiger partial charge in [-0.15, -0.1) is 0 Å². The van der Waals surface area contributed by atoms with Crippen molar-refractivity contribution in [3.8, 4) is 0 Å². The van der Waals surface area contributed by atoms with Gasteiger partial charge >= 0.3 is 0 Å². The third kappa shape index (κ3) is 4.28. The standard InChI is InChI=1S/C23H22N6O2/c1-14(2)29-21-17(13-25-29)12-20(15(3)26-21)23(31)28-19-6-4-5-16(11-19)22(30)27-18-7-9-24-10-8-18/h4-14H,1-3H3,(H,28,31)(H,24,27,30). The van der Waals surface area contributed by atoms with Gasteiger partial charge in [-0.1, -0.05) is 6.07 Å². The third-order valence-corrected chi connectivity index (χ3v) is 4.81. The molecule has 2 amide bonds. The lowest BCUT2D eigenvalue weighted by molar-refractivity contribution is 0.101. The molecule has 8 heteroatoms. The fraction of sp³-hybridized carbons (Fsp3) is 0.174. The number of amides is 2. The van der Waals surface area contributed by atoms with E-state index in [2.05, 4.69) is 25.7 Å². The molecule has 0 bridgehead atoms. The van der Waals surface area contributed by atoms with Crippen molar-refractivity contribution in [2.75, 3.05) is 10.6 Å². The van der Waals surface area contributed by atoms with Crippen LogP contribution < -0.4 is 10.6 Å². The second-order valence-corrected chi connectivity index (χ2v) is 7.44. The highest BCUT2D eigenvalue weighted by molar-refractivity contribution is 6.08. The summed E-state index contributed by atoms with van der Waals surface area (Å²) in [6.07, 6.45) is 4.91. The van der Waals surface area contributed by atoms with Crippen LogP contribution in [0.5, 0.6) is 0 Å². The van der Waals surface area contributed by atoms with Gasteiger partial charge in [-0.2, -0.15) is 5.10 Å². The number of carbonyl (C=O) groups is 2. The third-order valence-electron chi connectivity index (χ3n) is 4.81. The molecule has 0 fully saturated rings. The van der Waals surface area contributed by atoms with E-state index in [4.69, 9.17) is 0 Å². The molecule has 1 aromatic carbocycles. The number of hydrogen-bond acceptors (Lipinski definition) is 5. The van der Waals surface area contributed by atoms with Crippen molar-refractivity contribution in [3.63, 3.8) is 0 Å². The van der Waals surface area contributed by atoms with Gasteiger partial charge in [0.15, 0.2) is 5.65 Å². The highest BCUT2D eigenvalue weighted by atomic mass is 16.2. The minimum absolute atomic E-state index is 0.171. The lowest BCUT2D eigenvalue weighted by atomic mass is 10.1. The van der Waals surface area contributed by atoms with E-state index < -0.39 is 0 Å². The van der Waals surface area contributed by atoms with Crippen molar-refractivity contribution in [1.29, 1.82) is 0 Å². The summed E-state index contributed by atoms with van der Waals surface area (Å²) in [5.74, 6) is -0.571. The van der Waals surface area contributed by atoms with Crippen molar-refractivity contribution >= 4 is 34.2 Å². The number of benzene rings is 1. The smallest absolute Gasteiger partial charge is 0.257 e. The van der Waals surface area contributed by atoms with Crippen molar-refractivity contribution in [1.82, 2.24) is 19.7 Å². The molecule has 8 nitrogen and oxygen atoms in total. The number of anilines is 2. The lowest BCUT2D eigenvalue weighted by Crippen LogP contribution is -2.16. The predicted molar refractivity (Wildman–Crippen MR) is 119 cm³/mol. The largest absolute Gasteiger partial charge is 0.322 e. The normalized spacial score (nSPS) is 11.0. The fourth-order valence-electron chi connectivity index (χ4n) is 3.25. The van der Waals surface area contributed by atoms with Gasteiger partial charge in [0.2, 0.25) is 0 Å². The van der Waals surface area contributed by atoms with E-state index in [-0.39, 0.29) is 17.9 Å². The van der Waals surface area contributed by atoms with E-state index >= 15 is 0 Å². The maximum absolute atomic E-state index is 12.9. The Morgan fingerprint density at radius 1 is 0.968 bits per heavy atom. The number of carbonyl (C=O) groups excluding carboxylic acids is 2. The molecular formula is C23H22N6O2. The van der Waals surface area contributed by atoms with Crippen molar-refractivity contribution in [2.45, 2.75) is 26.8 Å².